The summed E-state index contributed by atoms with van der Waals surface area (Å²) in [4.78, 5) is 13.4. The molecule has 106 valence electrons. The van der Waals surface area contributed by atoms with Crippen LogP contribution in [0.25, 0.3) is 0 Å². The van der Waals surface area contributed by atoms with Crippen molar-refractivity contribution in [2.24, 2.45) is 11.8 Å². The Morgan fingerprint density at radius 1 is 1.33 bits per heavy atom. The number of nitrogens with one attached hydrogen (secondary N) is 1. The van der Waals surface area contributed by atoms with Gasteiger partial charge in [-0.3, -0.25) is 0 Å². The molecule has 1 fully saturated rings. The van der Waals surface area contributed by atoms with Gasteiger partial charge in [-0.1, -0.05) is 26.2 Å². The largest absolute Gasteiger partial charge is 0.394 e. The highest BCUT2D eigenvalue weighted by atomic mass is 16.3. The highest BCUT2D eigenvalue weighted by Crippen LogP contribution is 2.30. The molecule has 1 rings (SSSR count). The van der Waals surface area contributed by atoms with Crippen molar-refractivity contribution in [1.82, 2.24) is 10.2 Å². The van der Waals surface area contributed by atoms with Crippen molar-refractivity contribution >= 4 is 6.03 Å². The molecule has 1 unspecified atom stereocenters. The van der Waals surface area contributed by atoms with E-state index in [0.29, 0.717) is 5.92 Å². The summed E-state index contributed by atoms with van der Waals surface area (Å²) < 4.78 is 0. The molecule has 2 amide bonds. The first-order chi connectivity index (χ1) is 8.58. The van der Waals surface area contributed by atoms with Crippen LogP contribution in [0.5, 0.6) is 0 Å². The van der Waals surface area contributed by atoms with E-state index >= 15 is 0 Å². The Bertz CT molecular complexity index is 250. The van der Waals surface area contributed by atoms with E-state index in [0.717, 1.165) is 12.5 Å². The number of likely N-dealkylation sites (N-methyl/N-ethyl adjacent to an activating group) is 1. The molecule has 0 aromatic heterocycles. The van der Waals surface area contributed by atoms with E-state index in [4.69, 9.17) is 5.11 Å². The van der Waals surface area contributed by atoms with Crippen LogP contribution in [0.15, 0.2) is 0 Å². The van der Waals surface area contributed by atoms with Crippen molar-refractivity contribution in [3.05, 3.63) is 0 Å². The fourth-order valence-electron chi connectivity index (χ4n) is 2.52. The van der Waals surface area contributed by atoms with E-state index in [1.165, 1.54) is 32.1 Å². The summed E-state index contributed by atoms with van der Waals surface area (Å²) in [5.74, 6) is 1.53. The topological polar surface area (TPSA) is 52.6 Å². The SMILES string of the molecule is CCC1CCC(CNC(=O)N(C)C(C)CO)CC1. The smallest absolute Gasteiger partial charge is 0.317 e. The summed E-state index contributed by atoms with van der Waals surface area (Å²) in [6.07, 6.45) is 6.37. The molecular weight excluding hydrogens is 228 g/mol. The minimum Gasteiger partial charge on any atom is -0.394 e. The molecule has 4 nitrogen and oxygen atoms in total. The van der Waals surface area contributed by atoms with Crippen LogP contribution in [0.1, 0.15) is 46.0 Å². The predicted octanol–water partition coefficient (Wildman–Crippen LogP) is 2.23. The number of amides is 2. The molecule has 0 heterocycles. The molecule has 0 radical (unpaired) electrons. The Labute approximate surface area is 111 Å². The molecule has 1 aliphatic rings. The molecule has 1 aliphatic carbocycles. The molecule has 0 aromatic carbocycles. The number of urea groups is 1. The average molecular weight is 256 g/mol. The summed E-state index contributed by atoms with van der Waals surface area (Å²) >= 11 is 0. The Kier molecular flexibility index (Phi) is 6.47. The van der Waals surface area contributed by atoms with Gasteiger partial charge in [0, 0.05) is 13.6 Å². The highest BCUT2D eigenvalue weighted by molar-refractivity contribution is 5.74. The fraction of sp³-hybridized carbons (Fsp3) is 0.929. The van der Waals surface area contributed by atoms with Crippen LogP contribution < -0.4 is 5.32 Å². The molecule has 1 saturated carbocycles. The third-order valence-electron chi connectivity index (χ3n) is 4.33. The van der Waals surface area contributed by atoms with Gasteiger partial charge in [-0.2, -0.15) is 0 Å². The lowest BCUT2D eigenvalue weighted by molar-refractivity contribution is 0.154. The van der Waals surface area contributed by atoms with E-state index in [1.807, 2.05) is 6.92 Å². The molecule has 4 heteroatoms. The monoisotopic (exact) mass is 256 g/mol. The van der Waals surface area contributed by atoms with E-state index in [-0.39, 0.29) is 18.7 Å². The van der Waals surface area contributed by atoms with Crippen LogP contribution >= 0.6 is 0 Å². The maximum atomic E-state index is 11.8. The Hall–Kier alpha value is -0.770. The van der Waals surface area contributed by atoms with Gasteiger partial charge in [-0.05, 0) is 31.6 Å². The van der Waals surface area contributed by atoms with Crippen LogP contribution in [0.3, 0.4) is 0 Å². The standard InChI is InChI=1S/C14H28N2O2/c1-4-12-5-7-13(8-6-12)9-15-14(18)16(3)11(2)10-17/h11-13,17H,4-10H2,1-3H3,(H,15,18). The molecule has 0 spiro atoms. The number of carbonyl (C=O) groups excluding carboxylic acids is 1. The fourth-order valence-corrected chi connectivity index (χ4v) is 2.52. The van der Waals surface area contributed by atoms with E-state index in [9.17, 15) is 4.79 Å². The Morgan fingerprint density at radius 3 is 2.39 bits per heavy atom. The molecule has 0 aromatic rings. The van der Waals surface area contributed by atoms with Crippen LogP contribution in [0.4, 0.5) is 4.79 Å². The van der Waals surface area contributed by atoms with E-state index in [1.54, 1.807) is 11.9 Å². The zero-order chi connectivity index (χ0) is 13.5. The first kappa shape index (κ1) is 15.3. The summed E-state index contributed by atoms with van der Waals surface area (Å²) in [7, 11) is 1.73. The predicted molar refractivity (Wildman–Crippen MR) is 73.4 cm³/mol. The third-order valence-corrected chi connectivity index (χ3v) is 4.33. The first-order valence-corrected chi connectivity index (χ1v) is 7.20. The van der Waals surface area contributed by atoms with Crippen LogP contribution in [0, 0.1) is 11.8 Å². The number of aliphatic hydroxyl groups excluding tert-OH is 1. The molecule has 0 bridgehead atoms. The number of aliphatic hydroxyl groups is 1. The van der Waals surface area contributed by atoms with Crippen LogP contribution in [-0.4, -0.2) is 42.3 Å². The number of rotatable bonds is 5. The summed E-state index contributed by atoms with van der Waals surface area (Å²) in [6.45, 7) is 4.88. The lowest BCUT2D eigenvalue weighted by atomic mass is 9.81. The number of nitrogens with zero attached hydrogens (tertiary/aromatic N) is 1. The first-order valence-electron chi connectivity index (χ1n) is 7.20. The van der Waals surface area contributed by atoms with Gasteiger partial charge in [0.25, 0.3) is 0 Å². The van der Waals surface area contributed by atoms with Gasteiger partial charge in [0.05, 0.1) is 12.6 Å². The maximum Gasteiger partial charge on any atom is 0.317 e. The molecule has 1 atom stereocenters. The number of hydrogen-bond donors (Lipinski definition) is 2. The Morgan fingerprint density at radius 2 is 1.89 bits per heavy atom. The highest BCUT2D eigenvalue weighted by Gasteiger charge is 2.21. The van der Waals surface area contributed by atoms with E-state index < -0.39 is 0 Å². The maximum absolute atomic E-state index is 11.8. The van der Waals surface area contributed by atoms with Gasteiger partial charge in [-0.15, -0.1) is 0 Å². The van der Waals surface area contributed by atoms with Gasteiger partial charge in [0.2, 0.25) is 0 Å². The average Bonchev–Trinajstić information content (AvgIpc) is 2.43. The van der Waals surface area contributed by atoms with E-state index in [2.05, 4.69) is 12.2 Å². The Balaban J connectivity index is 2.23. The van der Waals surface area contributed by atoms with Crippen LogP contribution in [-0.2, 0) is 0 Å². The zero-order valence-electron chi connectivity index (χ0n) is 12.0. The van der Waals surface area contributed by atoms with Gasteiger partial charge in [-0.25, -0.2) is 4.79 Å². The van der Waals surface area contributed by atoms with Crippen LogP contribution in [0.2, 0.25) is 0 Å². The van der Waals surface area contributed by atoms with Gasteiger partial charge >= 0.3 is 6.03 Å². The van der Waals surface area contributed by atoms with Crippen molar-refractivity contribution in [2.45, 2.75) is 52.0 Å². The van der Waals surface area contributed by atoms with Crippen molar-refractivity contribution in [2.75, 3.05) is 20.2 Å². The minimum atomic E-state index is -0.124. The van der Waals surface area contributed by atoms with Crippen molar-refractivity contribution in [3.63, 3.8) is 0 Å². The normalized spacial score (nSPS) is 25.6. The summed E-state index contributed by atoms with van der Waals surface area (Å²) in [6, 6.07) is -0.199. The second kappa shape index (κ2) is 7.62. The minimum absolute atomic E-state index is 0.00548. The quantitative estimate of drug-likeness (QED) is 0.792. The molecule has 2 N–H and O–H groups in total. The third kappa shape index (κ3) is 4.48. The molecule has 0 saturated heterocycles. The molecule has 18 heavy (non-hydrogen) atoms. The molecule has 0 aliphatic heterocycles. The van der Waals surface area contributed by atoms with Crippen molar-refractivity contribution < 1.29 is 9.90 Å². The van der Waals surface area contributed by atoms with Gasteiger partial charge < -0.3 is 15.3 Å². The number of hydrogen-bond acceptors (Lipinski definition) is 2. The summed E-state index contributed by atoms with van der Waals surface area (Å²) in [5, 5.41) is 12.0. The van der Waals surface area contributed by atoms with Crippen molar-refractivity contribution in [3.8, 4) is 0 Å². The molecular formula is C14H28N2O2. The lowest BCUT2D eigenvalue weighted by Crippen LogP contribution is -2.45. The lowest BCUT2D eigenvalue weighted by Gasteiger charge is -2.29. The second-order valence-electron chi connectivity index (χ2n) is 5.62. The van der Waals surface area contributed by atoms with Gasteiger partial charge in [0.15, 0.2) is 0 Å². The second-order valence-corrected chi connectivity index (χ2v) is 5.62. The summed E-state index contributed by atoms with van der Waals surface area (Å²) in [5.41, 5.74) is 0. The zero-order valence-corrected chi connectivity index (χ0v) is 12.0. The number of carbonyl (C=O) groups is 1. The van der Waals surface area contributed by atoms with Crippen molar-refractivity contribution in [1.29, 1.82) is 0 Å². The van der Waals surface area contributed by atoms with Gasteiger partial charge in [0.1, 0.15) is 0 Å².